The van der Waals surface area contributed by atoms with Crippen LogP contribution in [-0.2, 0) is 9.47 Å². The Kier molecular flexibility index (Phi) is 6.99. The zero-order chi connectivity index (χ0) is 14.8. The first-order valence-corrected chi connectivity index (χ1v) is 7.62. The summed E-state index contributed by atoms with van der Waals surface area (Å²) in [4.78, 5) is 0. The zero-order valence-electron chi connectivity index (χ0n) is 12.7. The summed E-state index contributed by atoms with van der Waals surface area (Å²) < 4.78 is 11.2. The second-order valence-electron chi connectivity index (χ2n) is 5.13. The maximum Gasteiger partial charge on any atom is 0.108 e. The first-order valence-electron chi connectivity index (χ1n) is 7.62. The van der Waals surface area contributed by atoms with Gasteiger partial charge in [0.05, 0.1) is 0 Å². The van der Waals surface area contributed by atoms with Crippen LogP contribution in [0.4, 0.5) is 0 Å². The van der Waals surface area contributed by atoms with Crippen LogP contribution in [0.1, 0.15) is 36.5 Å². The minimum Gasteiger partial charge on any atom is -0.385 e. The fraction of sp³-hybridized carbons (Fsp3) is 0.368. The summed E-state index contributed by atoms with van der Waals surface area (Å²) in [6.07, 6.45) is 3.33. The summed E-state index contributed by atoms with van der Waals surface area (Å²) in [7, 11) is 1.75. The average Bonchev–Trinajstić information content (AvgIpc) is 2.56. The predicted molar refractivity (Wildman–Crippen MR) is 86.4 cm³/mol. The van der Waals surface area contributed by atoms with Crippen molar-refractivity contribution in [2.45, 2.75) is 25.4 Å². The standard InChI is InChI=1S/C19H24O2/c1-20-15-9-4-10-16-21-19(17-11-5-2-6-12-17)18-13-7-3-8-14-18/h2-3,5-8,11-14,19H,4,9-10,15-16H2,1H3. The predicted octanol–water partition coefficient (Wildman–Crippen LogP) is 4.61. The van der Waals surface area contributed by atoms with Crippen molar-refractivity contribution in [3.63, 3.8) is 0 Å². The van der Waals surface area contributed by atoms with E-state index in [0.29, 0.717) is 0 Å². The molecule has 0 atom stereocenters. The Hall–Kier alpha value is -1.64. The quantitative estimate of drug-likeness (QED) is 0.626. The molecule has 112 valence electrons. The van der Waals surface area contributed by atoms with Crippen LogP contribution in [0.2, 0.25) is 0 Å². The van der Waals surface area contributed by atoms with Crippen LogP contribution >= 0.6 is 0 Å². The maximum absolute atomic E-state index is 6.15. The highest BCUT2D eigenvalue weighted by Gasteiger charge is 2.13. The number of rotatable bonds is 9. The third-order valence-corrected chi connectivity index (χ3v) is 3.48. The molecule has 0 aliphatic carbocycles. The van der Waals surface area contributed by atoms with Gasteiger partial charge in [-0.15, -0.1) is 0 Å². The summed E-state index contributed by atoms with van der Waals surface area (Å²) in [5.41, 5.74) is 2.42. The van der Waals surface area contributed by atoms with Gasteiger partial charge in [0.1, 0.15) is 6.10 Å². The molecule has 0 fully saturated rings. The molecule has 0 aromatic heterocycles. The van der Waals surface area contributed by atoms with Crippen molar-refractivity contribution in [3.05, 3.63) is 71.8 Å². The van der Waals surface area contributed by atoms with Gasteiger partial charge in [-0.2, -0.15) is 0 Å². The smallest absolute Gasteiger partial charge is 0.108 e. The van der Waals surface area contributed by atoms with Crippen molar-refractivity contribution in [1.29, 1.82) is 0 Å². The van der Waals surface area contributed by atoms with Crippen molar-refractivity contribution >= 4 is 0 Å². The van der Waals surface area contributed by atoms with E-state index in [0.717, 1.165) is 32.5 Å². The van der Waals surface area contributed by atoms with E-state index < -0.39 is 0 Å². The van der Waals surface area contributed by atoms with Crippen molar-refractivity contribution < 1.29 is 9.47 Å². The molecule has 0 unspecified atom stereocenters. The van der Waals surface area contributed by atoms with Crippen LogP contribution in [0.25, 0.3) is 0 Å². The summed E-state index contributed by atoms with van der Waals surface area (Å²) >= 11 is 0. The van der Waals surface area contributed by atoms with Gasteiger partial charge < -0.3 is 9.47 Å². The first kappa shape index (κ1) is 15.7. The van der Waals surface area contributed by atoms with E-state index in [4.69, 9.17) is 9.47 Å². The summed E-state index contributed by atoms with van der Waals surface area (Å²) in [5.74, 6) is 0. The summed E-state index contributed by atoms with van der Waals surface area (Å²) in [5, 5.41) is 0. The molecule has 0 saturated heterocycles. The Morgan fingerprint density at radius 2 is 1.24 bits per heavy atom. The molecule has 0 aliphatic heterocycles. The number of hydrogen-bond acceptors (Lipinski definition) is 2. The highest BCUT2D eigenvalue weighted by molar-refractivity contribution is 5.29. The van der Waals surface area contributed by atoms with Gasteiger partial charge in [0.2, 0.25) is 0 Å². The van der Waals surface area contributed by atoms with Crippen LogP contribution in [0.5, 0.6) is 0 Å². The third-order valence-electron chi connectivity index (χ3n) is 3.48. The molecule has 0 saturated carbocycles. The van der Waals surface area contributed by atoms with E-state index in [1.165, 1.54) is 11.1 Å². The number of hydrogen-bond donors (Lipinski definition) is 0. The molecule has 0 spiro atoms. The molecular formula is C19H24O2. The lowest BCUT2D eigenvalue weighted by atomic mass is 10.0. The van der Waals surface area contributed by atoms with Crippen LogP contribution in [-0.4, -0.2) is 20.3 Å². The lowest BCUT2D eigenvalue weighted by molar-refractivity contribution is 0.0754. The Morgan fingerprint density at radius 3 is 1.76 bits per heavy atom. The van der Waals surface area contributed by atoms with Crippen molar-refractivity contribution in [3.8, 4) is 0 Å². The molecule has 2 rings (SSSR count). The van der Waals surface area contributed by atoms with Gasteiger partial charge in [-0.3, -0.25) is 0 Å². The lowest BCUT2D eigenvalue weighted by Gasteiger charge is -2.19. The van der Waals surface area contributed by atoms with Gasteiger partial charge >= 0.3 is 0 Å². The molecule has 0 aliphatic rings. The van der Waals surface area contributed by atoms with E-state index in [9.17, 15) is 0 Å². The number of unbranched alkanes of at least 4 members (excludes halogenated alkanes) is 2. The van der Waals surface area contributed by atoms with Gasteiger partial charge in [0.25, 0.3) is 0 Å². The van der Waals surface area contributed by atoms with Gasteiger partial charge in [-0.05, 0) is 30.4 Å². The Morgan fingerprint density at radius 1 is 0.714 bits per heavy atom. The molecule has 2 aromatic rings. The molecular weight excluding hydrogens is 260 g/mol. The topological polar surface area (TPSA) is 18.5 Å². The number of methoxy groups -OCH3 is 1. The molecule has 0 amide bonds. The Balaban J connectivity index is 1.94. The molecule has 2 aromatic carbocycles. The number of ether oxygens (including phenoxy) is 2. The van der Waals surface area contributed by atoms with Crippen molar-refractivity contribution in [2.24, 2.45) is 0 Å². The number of benzene rings is 2. The zero-order valence-corrected chi connectivity index (χ0v) is 12.7. The molecule has 21 heavy (non-hydrogen) atoms. The van der Waals surface area contributed by atoms with Crippen molar-refractivity contribution in [1.82, 2.24) is 0 Å². The second kappa shape index (κ2) is 9.32. The van der Waals surface area contributed by atoms with Gasteiger partial charge in [-0.25, -0.2) is 0 Å². The van der Waals surface area contributed by atoms with E-state index >= 15 is 0 Å². The third kappa shape index (κ3) is 5.33. The van der Waals surface area contributed by atoms with Crippen molar-refractivity contribution in [2.75, 3.05) is 20.3 Å². The van der Waals surface area contributed by atoms with Gasteiger partial charge in [0.15, 0.2) is 0 Å². The second-order valence-corrected chi connectivity index (χ2v) is 5.13. The molecule has 0 heterocycles. The van der Waals surface area contributed by atoms with Crippen LogP contribution in [0, 0.1) is 0 Å². The molecule has 2 nitrogen and oxygen atoms in total. The Bertz CT molecular complexity index is 442. The van der Waals surface area contributed by atoms with E-state index in [1.807, 2.05) is 12.1 Å². The summed E-state index contributed by atoms with van der Waals surface area (Å²) in [6.45, 7) is 1.61. The molecule has 0 radical (unpaired) electrons. The fourth-order valence-corrected chi connectivity index (χ4v) is 2.37. The molecule has 0 bridgehead atoms. The average molecular weight is 284 g/mol. The van der Waals surface area contributed by atoms with E-state index in [2.05, 4.69) is 48.5 Å². The highest BCUT2D eigenvalue weighted by Crippen LogP contribution is 2.25. The van der Waals surface area contributed by atoms with E-state index in [1.54, 1.807) is 7.11 Å². The van der Waals surface area contributed by atoms with Gasteiger partial charge in [0, 0.05) is 20.3 Å². The minimum absolute atomic E-state index is 0.0230. The van der Waals surface area contributed by atoms with Gasteiger partial charge in [-0.1, -0.05) is 60.7 Å². The van der Waals surface area contributed by atoms with Crippen LogP contribution in [0.15, 0.2) is 60.7 Å². The summed E-state index contributed by atoms with van der Waals surface area (Å²) in [6, 6.07) is 20.8. The maximum atomic E-state index is 6.15. The van der Waals surface area contributed by atoms with E-state index in [-0.39, 0.29) is 6.10 Å². The highest BCUT2D eigenvalue weighted by atomic mass is 16.5. The lowest BCUT2D eigenvalue weighted by Crippen LogP contribution is -2.07. The molecule has 2 heteroatoms. The normalized spacial score (nSPS) is 11.0. The minimum atomic E-state index is 0.0230. The molecule has 0 N–H and O–H groups in total. The van der Waals surface area contributed by atoms with Crippen LogP contribution in [0.3, 0.4) is 0 Å². The SMILES string of the molecule is COCCCCCOC(c1ccccc1)c1ccccc1. The monoisotopic (exact) mass is 284 g/mol. The largest absolute Gasteiger partial charge is 0.385 e. The first-order chi connectivity index (χ1) is 10.4. The fourth-order valence-electron chi connectivity index (χ4n) is 2.37. The van der Waals surface area contributed by atoms with Crippen LogP contribution < -0.4 is 0 Å². The Labute approximate surface area is 127 Å².